The molecule has 0 aliphatic heterocycles. The second kappa shape index (κ2) is 6.37. The number of nitrogens with zero attached hydrogens (tertiary/aromatic N) is 2. The molecule has 0 bridgehead atoms. The summed E-state index contributed by atoms with van der Waals surface area (Å²) in [6, 6.07) is 6.97. The van der Waals surface area contributed by atoms with Crippen molar-refractivity contribution in [1.29, 1.82) is 0 Å². The topological polar surface area (TPSA) is 63.1 Å². The molecule has 1 heterocycles. The molecule has 104 valence electrons. The monoisotopic (exact) mass is 352 g/mol. The Hall–Kier alpha value is -1.40. The summed E-state index contributed by atoms with van der Waals surface area (Å²) in [4.78, 5) is 20.3. The van der Waals surface area contributed by atoms with Crippen molar-refractivity contribution in [1.82, 2.24) is 9.97 Å². The van der Waals surface area contributed by atoms with Gasteiger partial charge in [0.25, 0.3) is 0 Å². The molecule has 0 saturated carbocycles. The molecule has 1 aromatic carbocycles. The van der Waals surface area contributed by atoms with Crippen molar-refractivity contribution in [2.24, 2.45) is 0 Å². The smallest absolute Gasteiger partial charge is 0.336 e. The maximum absolute atomic E-state index is 11.2. The number of benzene rings is 1. The first kappa shape index (κ1) is 15.0. The number of hydrogen-bond donors (Lipinski definition) is 1. The fraction of sp³-hybridized carbons (Fsp3) is 0.214. The molecule has 0 amide bonds. The molecular formula is C14H13BrN2O2S. The lowest BCUT2D eigenvalue weighted by Gasteiger charge is -2.08. The standard InChI is InChI=1S/C14H13BrN2O2S/c1-8(2)11-6-13(17-7-16-11)20-12-5-9(15)3-4-10(12)14(18)19/h3-8H,1-2H3,(H,18,19). The summed E-state index contributed by atoms with van der Waals surface area (Å²) in [7, 11) is 0. The average molecular weight is 353 g/mol. The summed E-state index contributed by atoms with van der Waals surface area (Å²) in [6.07, 6.45) is 1.51. The van der Waals surface area contributed by atoms with Gasteiger partial charge in [0.15, 0.2) is 0 Å². The largest absolute Gasteiger partial charge is 0.478 e. The van der Waals surface area contributed by atoms with Gasteiger partial charge < -0.3 is 5.11 Å². The zero-order chi connectivity index (χ0) is 14.7. The molecule has 0 fully saturated rings. The van der Waals surface area contributed by atoms with Crippen LogP contribution in [0.15, 0.2) is 45.0 Å². The Balaban J connectivity index is 2.36. The number of aromatic carboxylic acids is 1. The SMILES string of the molecule is CC(C)c1cc(Sc2cc(Br)ccc2C(=O)O)ncn1. The fourth-order valence-electron chi connectivity index (χ4n) is 1.59. The lowest BCUT2D eigenvalue weighted by atomic mass is 10.1. The van der Waals surface area contributed by atoms with Crippen LogP contribution in [0.3, 0.4) is 0 Å². The van der Waals surface area contributed by atoms with Crippen LogP contribution < -0.4 is 0 Å². The van der Waals surface area contributed by atoms with Crippen molar-refractivity contribution in [2.75, 3.05) is 0 Å². The lowest BCUT2D eigenvalue weighted by Crippen LogP contribution is -1.99. The Morgan fingerprint density at radius 2 is 2.05 bits per heavy atom. The van der Waals surface area contributed by atoms with Crippen LogP contribution in [0.4, 0.5) is 0 Å². The highest BCUT2D eigenvalue weighted by molar-refractivity contribution is 9.10. The maximum atomic E-state index is 11.2. The van der Waals surface area contributed by atoms with Crippen LogP contribution in [0.1, 0.15) is 35.8 Å². The third-order valence-corrected chi connectivity index (χ3v) is 4.13. The summed E-state index contributed by atoms with van der Waals surface area (Å²) in [5.41, 5.74) is 1.21. The van der Waals surface area contributed by atoms with Crippen LogP contribution in [0.5, 0.6) is 0 Å². The normalized spacial score (nSPS) is 10.8. The number of carboxylic acids is 1. The Bertz CT molecular complexity index is 647. The molecule has 1 N–H and O–H groups in total. The van der Waals surface area contributed by atoms with Gasteiger partial charge in [0.1, 0.15) is 11.4 Å². The summed E-state index contributed by atoms with van der Waals surface area (Å²) < 4.78 is 0.836. The maximum Gasteiger partial charge on any atom is 0.336 e. The van der Waals surface area contributed by atoms with E-state index in [1.54, 1.807) is 18.2 Å². The zero-order valence-corrected chi connectivity index (χ0v) is 13.4. The first-order chi connectivity index (χ1) is 9.47. The molecule has 0 aliphatic rings. The Morgan fingerprint density at radius 3 is 2.70 bits per heavy atom. The molecule has 0 spiro atoms. The fourth-order valence-corrected chi connectivity index (χ4v) is 3.06. The van der Waals surface area contributed by atoms with Crippen molar-refractivity contribution in [3.63, 3.8) is 0 Å². The van der Waals surface area contributed by atoms with Crippen LogP contribution in [0, 0.1) is 0 Å². The Kier molecular flexibility index (Phi) is 4.77. The molecule has 6 heteroatoms. The molecular weight excluding hydrogens is 340 g/mol. The van der Waals surface area contributed by atoms with E-state index in [2.05, 4.69) is 39.7 Å². The van der Waals surface area contributed by atoms with Gasteiger partial charge in [-0.2, -0.15) is 0 Å². The van der Waals surface area contributed by atoms with Crippen LogP contribution in [-0.2, 0) is 0 Å². The molecule has 0 unspecified atom stereocenters. The number of carbonyl (C=O) groups is 1. The van der Waals surface area contributed by atoms with Crippen molar-refractivity contribution >= 4 is 33.7 Å². The summed E-state index contributed by atoms with van der Waals surface area (Å²) in [5, 5.41) is 9.96. The van der Waals surface area contributed by atoms with Gasteiger partial charge >= 0.3 is 5.97 Å². The first-order valence-corrected chi connectivity index (χ1v) is 7.61. The van der Waals surface area contributed by atoms with Gasteiger partial charge in [0.2, 0.25) is 0 Å². The third-order valence-electron chi connectivity index (χ3n) is 2.64. The van der Waals surface area contributed by atoms with E-state index in [-0.39, 0.29) is 5.56 Å². The molecule has 2 rings (SSSR count). The second-order valence-electron chi connectivity index (χ2n) is 4.48. The van der Waals surface area contributed by atoms with E-state index in [1.807, 2.05) is 6.07 Å². The van der Waals surface area contributed by atoms with Gasteiger partial charge in [-0.15, -0.1) is 0 Å². The highest BCUT2D eigenvalue weighted by Gasteiger charge is 2.13. The molecule has 20 heavy (non-hydrogen) atoms. The van der Waals surface area contributed by atoms with Crippen LogP contribution >= 0.6 is 27.7 Å². The molecule has 0 saturated heterocycles. The zero-order valence-electron chi connectivity index (χ0n) is 11.0. The van der Waals surface area contributed by atoms with E-state index in [9.17, 15) is 9.90 Å². The summed E-state index contributed by atoms with van der Waals surface area (Å²) >= 11 is 4.68. The molecule has 1 aromatic heterocycles. The number of carboxylic acid groups (broad SMARTS) is 1. The number of halogens is 1. The van der Waals surface area contributed by atoms with E-state index in [1.165, 1.54) is 18.1 Å². The second-order valence-corrected chi connectivity index (χ2v) is 6.46. The average Bonchev–Trinajstić information content (AvgIpc) is 2.38. The van der Waals surface area contributed by atoms with E-state index in [0.717, 1.165) is 15.2 Å². The van der Waals surface area contributed by atoms with Crippen molar-refractivity contribution in [3.05, 3.63) is 46.3 Å². The van der Waals surface area contributed by atoms with Crippen molar-refractivity contribution in [2.45, 2.75) is 29.7 Å². The van der Waals surface area contributed by atoms with Crippen molar-refractivity contribution in [3.8, 4) is 0 Å². The van der Waals surface area contributed by atoms with Crippen LogP contribution in [-0.4, -0.2) is 21.0 Å². The summed E-state index contributed by atoms with van der Waals surface area (Å²) in [5.74, 6) is -0.642. The Morgan fingerprint density at radius 1 is 1.30 bits per heavy atom. The third kappa shape index (κ3) is 3.58. The van der Waals surface area contributed by atoms with E-state index >= 15 is 0 Å². The van der Waals surface area contributed by atoms with E-state index in [0.29, 0.717) is 10.8 Å². The number of rotatable bonds is 4. The van der Waals surface area contributed by atoms with Gasteiger partial charge in [0, 0.05) is 15.1 Å². The molecule has 0 radical (unpaired) electrons. The highest BCUT2D eigenvalue weighted by atomic mass is 79.9. The van der Waals surface area contributed by atoms with Crippen molar-refractivity contribution < 1.29 is 9.90 Å². The van der Waals surface area contributed by atoms with Gasteiger partial charge in [-0.3, -0.25) is 0 Å². The molecule has 2 aromatic rings. The molecule has 4 nitrogen and oxygen atoms in total. The van der Waals surface area contributed by atoms with E-state index in [4.69, 9.17) is 0 Å². The lowest BCUT2D eigenvalue weighted by molar-refractivity contribution is 0.0693. The number of hydrogen-bond acceptors (Lipinski definition) is 4. The van der Waals surface area contributed by atoms with Crippen LogP contribution in [0.25, 0.3) is 0 Å². The van der Waals surface area contributed by atoms with Gasteiger partial charge in [-0.25, -0.2) is 14.8 Å². The number of aromatic nitrogens is 2. The van der Waals surface area contributed by atoms with E-state index < -0.39 is 5.97 Å². The highest BCUT2D eigenvalue weighted by Crippen LogP contribution is 2.32. The molecule has 0 atom stereocenters. The summed E-state index contributed by atoms with van der Waals surface area (Å²) in [6.45, 7) is 4.11. The predicted octanol–water partition coefficient (Wildman–Crippen LogP) is 4.21. The minimum atomic E-state index is -0.946. The van der Waals surface area contributed by atoms with Gasteiger partial charge in [0.05, 0.1) is 5.56 Å². The van der Waals surface area contributed by atoms with Crippen LogP contribution in [0.2, 0.25) is 0 Å². The first-order valence-electron chi connectivity index (χ1n) is 6.00. The quantitative estimate of drug-likeness (QED) is 0.834. The minimum absolute atomic E-state index is 0.267. The van der Waals surface area contributed by atoms with Gasteiger partial charge in [-0.1, -0.05) is 41.5 Å². The van der Waals surface area contributed by atoms with Gasteiger partial charge in [-0.05, 0) is 30.2 Å². The predicted molar refractivity (Wildman–Crippen MR) is 81.3 cm³/mol. The molecule has 0 aliphatic carbocycles. The minimum Gasteiger partial charge on any atom is -0.478 e. The Labute approximate surface area is 129 Å².